The summed E-state index contributed by atoms with van der Waals surface area (Å²) < 4.78 is 54.5. The highest BCUT2D eigenvalue weighted by Crippen LogP contribution is 2.45. The Bertz CT molecular complexity index is 1420. The van der Waals surface area contributed by atoms with Crippen LogP contribution in [-0.4, -0.2) is 122 Å². The van der Waals surface area contributed by atoms with Gasteiger partial charge in [-0.15, -0.1) is 0 Å². The third-order valence-corrected chi connectivity index (χ3v) is 31.2. The molecular formula is C38H83N2O13PSi4. The fraction of sp³-hybridized carbons (Fsp3) is 0.947. The lowest BCUT2D eigenvalue weighted by Crippen LogP contribution is -2.56. The van der Waals surface area contributed by atoms with Gasteiger partial charge in [0.2, 0.25) is 11.8 Å². The molecule has 0 aromatic rings. The molecule has 2 saturated heterocycles. The molecule has 58 heavy (non-hydrogen) atoms. The second kappa shape index (κ2) is 19.6. The van der Waals surface area contributed by atoms with Crippen LogP contribution in [0.1, 0.15) is 96.9 Å². The molecule has 2 aliphatic rings. The topological polar surface area (TPSA) is 201 Å². The van der Waals surface area contributed by atoms with Gasteiger partial charge in [-0.05, 0) is 72.5 Å². The van der Waals surface area contributed by atoms with Gasteiger partial charge in [-0.1, -0.05) is 83.1 Å². The quantitative estimate of drug-likeness (QED) is 0.0856. The standard InChI is InChI=1S/C19H42NO8PSi2.C19H41NO5Si2/c1-13(21)20-15-14(12-25-29(22,23)24)26-17(28-31(10,11)19(5,6)7)16(15)27-30(8,9)18(2,3)4;1-13(22)20-15-14(12-21)23-17(25-27(10,11)19(5,6)7)16(15)24-26(8,9)18(2,3)4/h14-17H,12H2,1-11H3,(H,20,21)(H2,22,23,24);14-17,21H,12H2,1-11H3,(H,20,22)/t2*14-,15+,16?,17+/m11/s1. The second-order valence-electron chi connectivity index (χ2n) is 21.9. The van der Waals surface area contributed by atoms with Crippen LogP contribution in [0, 0.1) is 0 Å². The average molecular weight is 919 g/mol. The van der Waals surface area contributed by atoms with Gasteiger partial charge in [-0.25, -0.2) is 4.57 Å². The largest absolute Gasteiger partial charge is 0.469 e. The summed E-state index contributed by atoms with van der Waals surface area (Å²) in [7, 11) is -13.6. The minimum atomic E-state index is -4.71. The Kier molecular flexibility index (Phi) is 18.8. The highest BCUT2D eigenvalue weighted by Gasteiger charge is 2.55. The number of amides is 2. The number of nitrogens with one attached hydrogen (secondary N) is 2. The van der Waals surface area contributed by atoms with E-state index in [1.165, 1.54) is 13.8 Å². The van der Waals surface area contributed by atoms with E-state index in [1.54, 1.807) is 0 Å². The van der Waals surface area contributed by atoms with Crippen LogP contribution in [0.2, 0.25) is 72.5 Å². The van der Waals surface area contributed by atoms with Crippen LogP contribution in [0.15, 0.2) is 0 Å². The minimum absolute atomic E-state index is 0.00655. The molecule has 0 radical (unpaired) electrons. The first kappa shape index (κ1) is 55.7. The first-order chi connectivity index (χ1) is 25.5. The Morgan fingerprint density at radius 1 is 0.569 bits per heavy atom. The van der Waals surface area contributed by atoms with E-state index >= 15 is 0 Å². The van der Waals surface area contributed by atoms with Gasteiger partial charge in [0.1, 0.15) is 24.4 Å². The van der Waals surface area contributed by atoms with E-state index in [0.717, 1.165) is 0 Å². The zero-order valence-corrected chi connectivity index (χ0v) is 44.8. The number of ether oxygens (including phenoxy) is 2. The van der Waals surface area contributed by atoms with Crippen molar-refractivity contribution in [1.29, 1.82) is 0 Å². The lowest BCUT2D eigenvalue weighted by atomic mass is 10.1. The summed E-state index contributed by atoms with van der Waals surface area (Å²) in [5.41, 5.74) is 0. The summed E-state index contributed by atoms with van der Waals surface area (Å²) >= 11 is 0. The number of aliphatic hydroxyl groups excluding tert-OH is 1. The summed E-state index contributed by atoms with van der Waals surface area (Å²) in [5.74, 6) is -0.467. The molecule has 0 saturated carbocycles. The van der Waals surface area contributed by atoms with E-state index < -0.39 is 96.8 Å². The van der Waals surface area contributed by atoms with Crippen LogP contribution in [0.4, 0.5) is 0 Å². The molecule has 8 atom stereocenters. The molecule has 0 bridgehead atoms. The smallest absolute Gasteiger partial charge is 0.407 e. The number of rotatable bonds is 14. The second-order valence-corrected chi connectivity index (χ2v) is 42.2. The summed E-state index contributed by atoms with van der Waals surface area (Å²) in [6.45, 7) is 45.0. The SMILES string of the molecule is CC(=O)N[C@@H]1C(O[Si](C)(C)C(C)(C)C)[C@H](O[Si](C)(C)C(C)(C)C)O[C@@H]1CO.CC(=O)N[C@@H]1C(O[Si](C)(C)C(C)(C)C)[C@H](O[Si](C)(C)C(C)(C)C)O[C@@H]1COP(=O)(O)O. The van der Waals surface area contributed by atoms with Crippen molar-refractivity contribution >= 4 is 52.9 Å². The Labute approximate surface area is 354 Å². The molecule has 5 N–H and O–H groups in total. The third-order valence-electron chi connectivity index (χ3n) is 12.9. The molecule has 344 valence electrons. The highest BCUT2D eigenvalue weighted by molar-refractivity contribution is 7.46. The first-order valence-electron chi connectivity index (χ1n) is 20.4. The fourth-order valence-electron chi connectivity index (χ4n) is 5.14. The normalized spacial score (nSPS) is 26.9. The minimum Gasteiger partial charge on any atom is -0.407 e. The molecule has 2 rings (SSSR count). The molecule has 2 unspecified atom stereocenters. The van der Waals surface area contributed by atoms with Gasteiger partial charge >= 0.3 is 7.82 Å². The molecular weight excluding hydrogens is 836 g/mol. The van der Waals surface area contributed by atoms with Crippen molar-refractivity contribution in [2.24, 2.45) is 0 Å². The molecule has 0 aromatic heterocycles. The lowest BCUT2D eigenvalue weighted by molar-refractivity contribution is -0.121. The van der Waals surface area contributed by atoms with Crippen LogP contribution in [0.3, 0.4) is 0 Å². The summed E-state index contributed by atoms with van der Waals surface area (Å²) in [5, 5.41) is 15.4. The summed E-state index contributed by atoms with van der Waals surface area (Å²) in [6.07, 6.45) is -3.85. The Morgan fingerprint density at radius 3 is 1.10 bits per heavy atom. The van der Waals surface area contributed by atoms with E-state index in [1.807, 2.05) is 0 Å². The van der Waals surface area contributed by atoms with E-state index in [9.17, 15) is 19.3 Å². The average Bonchev–Trinajstić information content (AvgIpc) is 3.43. The van der Waals surface area contributed by atoms with Gasteiger partial charge in [0.15, 0.2) is 45.8 Å². The molecule has 15 nitrogen and oxygen atoms in total. The number of carbonyl (C=O) groups excluding carboxylic acids is 2. The van der Waals surface area contributed by atoms with Crippen molar-refractivity contribution in [3.05, 3.63) is 0 Å². The van der Waals surface area contributed by atoms with Gasteiger partial charge in [0.05, 0.1) is 25.3 Å². The Hall–Kier alpha value is -0.362. The van der Waals surface area contributed by atoms with E-state index in [0.29, 0.717) is 0 Å². The maximum Gasteiger partial charge on any atom is 0.469 e. The van der Waals surface area contributed by atoms with Gasteiger partial charge in [-0.3, -0.25) is 14.1 Å². The van der Waals surface area contributed by atoms with Crippen LogP contribution < -0.4 is 10.6 Å². The van der Waals surface area contributed by atoms with E-state index in [-0.39, 0.29) is 38.6 Å². The Morgan fingerprint density at radius 2 is 0.845 bits per heavy atom. The van der Waals surface area contributed by atoms with Crippen LogP contribution >= 0.6 is 7.82 Å². The lowest BCUT2D eigenvalue weighted by Gasteiger charge is -2.43. The molecule has 2 aliphatic heterocycles. The van der Waals surface area contributed by atoms with Crippen LogP contribution in [0.5, 0.6) is 0 Å². The van der Waals surface area contributed by atoms with Gasteiger partial charge in [-0.2, -0.15) is 0 Å². The van der Waals surface area contributed by atoms with Crippen molar-refractivity contribution in [1.82, 2.24) is 10.6 Å². The zero-order valence-electron chi connectivity index (χ0n) is 39.9. The van der Waals surface area contributed by atoms with Crippen molar-refractivity contribution in [2.45, 2.75) is 219 Å². The monoisotopic (exact) mass is 918 g/mol. The molecule has 0 aliphatic carbocycles. The number of aliphatic hydroxyl groups is 1. The molecule has 2 heterocycles. The van der Waals surface area contributed by atoms with Crippen molar-refractivity contribution < 1.29 is 60.7 Å². The van der Waals surface area contributed by atoms with Gasteiger partial charge in [0.25, 0.3) is 0 Å². The Balaban J connectivity index is 0.000000586. The van der Waals surface area contributed by atoms with Gasteiger partial charge in [0, 0.05) is 13.8 Å². The number of carbonyl (C=O) groups is 2. The predicted octanol–water partition coefficient (Wildman–Crippen LogP) is 7.36. The zero-order chi connectivity index (χ0) is 46.1. The van der Waals surface area contributed by atoms with Crippen LogP contribution in [0.25, 0.3) is 0 Å². The van der Waals surface area contributed by atoms with E-state index in [4.69, 9.17) is 41.5 Å². The number of phosphoric ester groups is 1. The van der Waals surface area contributed by atoms with Crippen molar-refractivity contribution in [3.63, 3.8) is 0 Å². The summed E-state index contributed by atoms with van der Waals surface area (Å²) in [4.78, 5) is 42.1. The molecule has 0 spiro atoms. The molecule has 2 amide bonds. The predicted molar refractivity (Wildman–Crippen MR) is 238 cm³/mol. The third kappa shape index (κ3) is 15.5. The molecule has 20 heteroatoms. The number of hydrogen-bond donors (Lipinski definition) is 5. The number of hydrogen-bond acceptors (Lipinski definition) is 11. The molecule has 2 fully saturated rings. The van der Waals surface area contributed by atoms with E-state index in [2.05, 4.69) is 146 Å². The highest BCUT2D eigenvalue weighted by atomic mass is 31.2. The van der Waals surface area contributed by atoms with Crippen molar-refractivity contribution in [2.75, 3.05) is 13.2 Å². The number of phosphoric acid groups is 1. The van der Waals surface area contributed by atoms with Gasteiger partial charge < -0.3 is 52.7 Å². The fourth-order valence-corrected chi connectivity index (χ4v) is 10.3. The first-order valence-corrected chi connectivity index (χ1v) is 33.5. The maximum atomic E-state index is 12.0. The summed E-state index contributed by atoms with van der Waals surface area (Å²) in [6, 6.07) is -1.11. The molecule has 0 aromatic carbocycles. The van der Waals surface area contributed by atoms with Crippen molar-refractivity contribution in [3.8, 4) is 0 Å². The van der Waals surface area contributed by atoms with Crippen LogP contribution in [-0.2, 0) is 45.9 Å². The maximum absolute atomic E-state index is 12.0.